The van der Waals surface area contributed by atoms with Gasteiger partial charge < -0.3 is 14.2 Å². The molecular weight excluding hydrogens is 330 g/mol. The van der Waals surface area contributed by atoms with Gasteiger partial charge in [0.25, 0.3) is 0 Å². The third kappa shape index (κ3) is 4.77. The molecule has 24 heavy (non-hydrogen) atoms. The number of carbonyl (C=O) groups excluding carboxylic acids is 1. The number of carbonyl (C=O) groups is 1. The van der Waals surface area contributed by atoms with E-state index in [2.05, 4.69) is 11.8 Å². The normalized spacial score (nSPS) is 22.3. The van der Waals surface area contributed by atoms with Crippen LogP contribution < -0.4 is 9.47 Å². The summed E-state index contributed by atoms with van der Waals surface area (Å²) in [6.45, 7) is 7.37. The average molecular weight is 356 g/mol. The van der Waals surface area contributed by atoms with Crippen LogP contribution in [0.5, 0.6) is 11.5 Å². The number of piperidine rings is 1. The van der Waals surface area contributed by atoms with Crippen molar-refractivity contribution < 1.29 is 19.0 Å². The summed E-state index contributed by atoms with van der Waals surface area (Å²) in [7, 11) is 0. The van der Waals surface area contributed by atoms with Crippen LogP contribution in [-0.2, 0) is 9.53 Å². The first-order valence-electron chi connectivity index (χ1n) is 8.43. The molecule has 2 heterocycles. The lowest BCUT2D eigenvalue weighted by molar-refractivity contribution is -0.160. The Hall–Kier alpha value is -1.46. The molecule has 1 aromatic carbocycles. The van der Waals surface area contributed by atoms with Crippen molar-refractivity contribution >= 4 is 18.4 Å². The van der Waals surface area contributed by atoms with Gasteiger partial charge in [0.05, 0.1) is 0 Å². The highest BCUT2D eigenvalue weighted by Gasteiger charge is 2.30. The van der Waals surface area contributed by atoms with Crippen molar-refractivity contribution in [2.75, 3.05) is 26.2 Å². The molecule has 0 spiro atoms. The zero-order valence-corrected chi connectivity index (χ0v) is 15.1. The van der Waals surface area contributed by atoms with E-state index in [4.69, 9.17) is 14.2 Å². The lowest BCUT2D eigenvalue weighted by Crippen LogP contribution is -2.43. The van der Waals surface area contributed by atoms with Gasteiger partial charge in [-0.15, -0.1) is 12.4 Å². The van der Waals surface area contributed by atoms with Gasteiger partial charge in [0.2, 0.25) is 6.10 Å². The lowest BCUT2D eigenvalue weighted by Gasteiger charge is -2.32. The molecule has 2 aliphatic rings. The second kappa shape index (κ2) is 8.58. The van der Waals surface area contributed by atoms with Gasteiger partial charge in [-0.05, 0) is 50.9 Å². The van der Waals surface area contributed by atoms with E-state index in [1.807, 2.05) is 25.1 Å². The summed E-state index contributed by atoms with van der Waals surface area (Å²) in [5, 5.41) is 0. The number of halogens is 1. The molecule has 3 rings (SSSR count). The molecule has 0 aromatic heterocycles. The standard InChI is InChI=1S/C18H25NO4.ClH/c1-13-7-9-19(10-8-13)11-14(2)22-18(20)17-12-21-15-5-3-4-6-16(15)23-17;/h3-6,13-14,17H,7-12H2,1-2H3;1H. The molecule has 1 saturated heterocycles. The van der Waals surface area contributed by atoms with Crippen LogP contribution >= 0.6 is 12.4 Å². The second-order valence-electron chi connectivity index (χ2n) is 6.59. The summed E-state index contributed by atoms with van der Waals surface area (Å²) in [5.41, 5.74) is 0. The monoisotopic (exact) mass is 355 g/mol. The maximum absolute atomic E-state index is 12.3. The van der Waals surface area contributed by atoms with Gasteiger partial charge in [-0.3, -0.25) is 4.90 Å². The number of nitrogens with zero attached hydrogens (tertiary/aromatic N) is 1. The fourth-order valence-electron chi connectivity index (χ4n) is 3.06. The molecule has 0 aliphatic carbocycles. The topological polar surface area (TPSA) is 48.0 Å². The van der Waals surface area contributed by atoms with Gasteiger partial charge in [0, 0.05) is 6.54 Å². The van der Waals surface area contributed by atoms with Crippen molar-refractivity contribution in [3.8, 4) is 11.5 Å². The zero-order valence-electron chi connectivity index (χ0n) is 14.3. The first-order chi connectivity index (χ1) is 11.1. The van der Waals surface area contributed by atoms with Crippen molar-refractivity contribution in [1.82, 2.24) is 4.90 Å². The number of para-hydroxylation sites is 2. The van der Waals surface area contributed by atoms with Gasteiger partial charge in [0.1, 0.15) is 12.7 Å². The molecule has 0 bridgehead atoms. The molecule has 0 saturated carbocycles. The Morgan fingerprint density at radius 1 is 1.29 bits per heavy atom. The van der Waals surface area contributed by atoms with E-state index in [1.165, 1.54) is 12.8 Å². The van der Waals surface area contributed by atoms with Crippen LogP contribution in [0.15, 0.2) is 24.3 Å². The molecule has 2 unspecified atom stereocenters. The van der Waals surface area contributed by atoms with Gasteiger partial charge >= 0.3 is 5.97 Å². The smallest absolute Gasteiger partial charge is 0.351 e. The first-order valence-corrected chi connectivity index (χ1v) is 8.43. The van der Waals surface area contributed by atoms with Crippen LogP contribution in [0.3, 0.4) is 0 Å². The molecule has 1 fully saturated rings. The van der Waals surface area contributed by atoms with Crippen molar-refractivity contribution in [3.05, 3.63) is 24.3 Å². The van der Waals surface area contributed by atoms with Crippen molar-refractivity contribution in [2.45, 2.75) is 38.9 Å². The molecule has 0 amide bonds. The number of likely N-dealkylation sites (tertiary alicyclic amines) is 1. The Morgan fingerprint density at radius 3 is 2.67 bits per heavy atom. The van der Waals surface area contributed by atoms with E-state index >= 15 is 0 Å². The number of hydrogen-bond donors (Lipinski definition) is 0. The van der Waals surface area contributed by atoms with E-state index in [1.54, 1.807) is 6.07 Å². The minimum atomic E-state index is -0.686. The highest BCUT2D eigenvalue weighted by molar-refractivity contribution is 5.85. The fraction of sp³-hybridized carbons (Fsp3) is 0.611. The molecule has 0 radical (unpaired) electrons. The third-order valence-corrected chi connectivity index (χ3v) is 4.48. The molecule has 2 aliphatic heterocycles. The maximum atomic E-state index is 12.3. The SMILES string of the molecule is CC1CCN(CC(C)OC(=O)C2COc3ccccc3O2)CC1.Cl. The highest BCUT2D eigenvalue weighted by Crippen LogP contribution is 2.31. The Labute approximate surface area is 149 Å². The maximum Gasteiger partial charge on any atom is 0.351 e. The number of ether oxygens (including phenoxy) is 3. The quantitative estimate of drug-likeness (QED) is 0.777. The zero-order chi connectivity index (χ0) is 16.2. The van der Waals surface area contributed by atoms with Gasteiger partial charge in [-0.2, -0.15) is 0 Å². The molecule has 6 heteroatoms. The Morgan fingerprint density at radius 2 is 1.96 bits per heavy atom. The molecule has 2 atom stereocenters. The lowest BCUT2D eigenvalue weighted by atomic mass is 9.99. The van der Waals surface area contributed by atoms with Crippen LogP contribution in [-0.4, -0.2) is 49.3 Å². The van der Waals surface area contributed by atoms with E-state index in [-0.39, 0.29) is 31.1 Å². The van der Waals surface area contributed by atoms with Crippen LogP contribution in [0.25, 0.3) is 0 Å². The average Bonchev–Trinajstić information content (AvgIpc) is 2.56. The Kier molecular flexibility index (Phi) is 6.75. The summed E-state index contributed by atoms with van der Waals surface area (Å²) in [6.07, 6.45) is 1.61. The second-order valence-corrected chi connectivity index (χ2v) is 6.59. The van der Waals surface area contributed by atoms with E-state index in [0.717, 1.165) is 25.6 Å². The number of hydrogen-bond acceptors (Lipinski definition) is 5. The minimum Gasteiger partial charge on any atom is -0.485 e. The van der Waals surface area contributed by atoms with E-state index in [9.17, 15) is 4.79 Å². The van der Waals surface area contributed by atoms with Crippen molar-refractivity contribution in [2.24, 2.45) is 5.92 Å². The molecule has 5 nitrogen and oxygen atoms in total. The number of fused-ring (bicyclic) bond motifs is 1. The van der Waals surface area contributed by atoms with Crippen LogP contribution in [0.4, 0.5) is 0 Å². The fourth-order valence-corrected chi connectivity index (χ4v) is 3.06. The predicted octanol–water partition coefficient (Wildman–Crippen LogP) is 2.91. The van der Waals surface area contributed by atoms with Crippen LogP contribution in [0, 0.1) is 5.92 Å². The number of rotatable bonds is 4. The largest absolute Gasteiger partial charge is 0.485 e. The van der Waals surface area contributed by atoms with Gasteiger partial charge in [-0.25, -0.2) is 4.79 Å². The highest BCUT2D eigenvalue weighted by atomic mass is 35.5. The molecule has 1 aromatic rings. The summed E-state index contributed by atoms with van der Waals surface area (Å²) >= 11 is 0. The van der Waals surface area contributed by atoms with E-state index < -0.39 is 6.10 Å². The van der Waals surface area contributed by atoms with E-state index in [0.29, 0.717) is 11.5 Å². The van der Waals surface area contributed by atoms with Gasteiger partial charge in [-0.1, -0.05) is 19.1 Å². The van der Waals surface area contributed by atoms with Crippen LogP contribution in [0.2, 0.25) is 0 Å². The Bertz CT molecular complexity index is 546. The predicted molar refractivity (Wildman–Crippen MR) is 94.0 cm³/mol. The minimum absolute atomic E-state index is 0. The third-order valence-electron chi connectivity index (χ3n) is 4.48. The molecule has 134 valence electrons. The van der Waals surface area contributed by atoms with Gasteiger partial charge in [0.15, 0.2) is 11.5 Å². The van der Waals surface area contributed by atoms with Crippen molar-refractivity contribution in [1.29, 1.82) is 0 Å². The number of benzene rings is 1. The molecular formula is C18H26ClNO4. The van der Waals surface area contributed by atoms with Crippen molar-refractivity contribution in [3.63, 3.8) is 0 Å². The first kappa shape index (κ1) is 18.9. The number of esters is 1. The summed E-state index contributed by atoms with van der Waals surface area (Å²) < 4.78 is 16.8. The summed E-state index contributed by atoms with van der Waals surface area (Å²) in [4.78, 5) is 14.6. The Balaban J connectivity index is 0.00000208. The van der Waals surface area contributed by atoms with Crippen LogP contribution in [0.1, 0.15) is 26.7 Å². The summed E-state index contributed by atoms with van der Waals surface area (Å²) in [5.74, 6) is 1.72. The molecule has 0 N–H and O–H groups in total. The summed E-state index contributed by atoms with van der Waals surface area (Å²) in [6, 6.07) is 7.36.